The lowest BCUT2D eigenvalue weighted by Gasteiger charge is -2.24. The standard InChI is InChI=1S/C28H22BrN3O2/c1-18-25(19(2)34-31-18)17-32(22-8-4-3-5-9-22)28(33)24-16-27(20-12-14-21(29)15-13-20)30-26-11-7-6-10-23(24)26/h3-16H,17H2,1-2H3. The van der Waals surface area contributed by atoms with Gasteiger partial charge in [-0.15, -0.1) is 0 Å². The summed E-state index contributed by atoms with van der Waals surface area (Å²) < 4.78 is 6.36. The zero-order valence-electron chi connectivity index (χ0n) is 18.8. The fourth-order valence-electron chi connectivity index (χ4n) is 4.04. The van der Waals surface area contributed by atoms with Crippen molar-refractivity contribution in [2.45, 2.75) is 20.4 Å². The van der Waals surface area contributed by atoms with E-state index in [9.17, 15) is 4.79 Å². The average Bonchev–Trinajstić information content (AvgIpc) is 3.19. The molecule has 0 aliphatic carbocycles. The number of rotatable bonds is 5. The molecule has 0 N–H and O–H groups in total. The van der Waals surface area contributed by atoms with Crippen LogP contribution in [-0.2, 0) is 6.54 Å². The first-order valence-electron chi connectivity index (χ1n) is 11.0. The van der Waals surface area contributed by atoms with Crippen molar-refractivity contribution in [3.63, 3.8) is 0 Å². The molecule has 168 valence electrons. The van der Waals surface area contributed by atoms with Crippen LogP contribution in [0.15, 0.2) is 93.9 Å². The molecule has 1 amide bonds. The van der Waals surface area contributed by atoms with Gasteiger partial charge in [-0.05, 0) is 50.2 Å². The predicted octanol–water partition coefficient (Wildman–Crippen LogP) is 7.12. The number of para-hydroxylation sites is 2. The van der Waals surface area contributed by atoms with Crippen molar-refractivity contribution in [1.29, 1.82) is 0 Å². The normalized spacial score (nSPS) is 11.0. The monoisotopic (exact) mass is 511 g/mol. The van der Waals surface area contributed by atoms with Gasteiger partial charge in [0.1, 0.15) is 5.76 Å². The van der Waals surface area contributed by atoms with Crippen LogP contribution in [0.3, 0.4) is 0 Å². The third-order valence-corrected chi connectivity index (χ3v) is 6.43. The van der Waals surface area contributed by atoms with Gasteiger partial charge in [-0.3, -0.25) is 4.79 Å². The maximum Gasteiger partial charge on any atom is 0.259 e. The molecule has 5 nitrogen and oxygen atoms in total. The van der Waals surface area contributed by atoms with Crippen LogP contribution in [0.25, 0.3) is 22.2 Å². The minimum absolute atomic E-state index is 0.108. The lowest BCUT2D eigenvalue weighted by molar-refractivity contribution is 0.0986. The Morgan fingerprint density at radius 1 is 0.941 bits per heavy atom. The Morgan fingerprint density at radius 2 is 1.65 bits per heavy atom. The van der Waals surface area contributed by atoms with Gasteiger partial charge < -0.3 is 9.42 Å². The first-order chi connectivity index (χ1) is 16.5. The van der Waals surface area contributed by atoms with Crippen molar-refractivity contribution in [2.75, 3.05) is 4.90 Å². The van der Waals surface area contributed by atoms with Crippen molar-refractivity contribution in [3.8, 4) is 11.3 Å². The van der Waals surface area contributed by atoms with E-state index in [1.54, 1.807) is 4.90 Å². The van der Waals surface area contributed by atoms with E-state index in [-0.39, 0.29) is 5.91 Å². The molecule has 34 heavy (non-hydrogen) atoms. The van der Waals surface area contributed by atoms with Crippen molar-refractivity contribution in [2.24, 2.45) is 0 Å². The summed E-state index contributed by atoms with van der Waals surface area (Å²) in [5.41, 5.74) is 5.55. The summed E-state index contributed by atoms with van der Waals surface area (Å²) in [5, 5.41) is 4.89. The number of halogens is 1. The second-order valence-corrected chi connectivity index (χ2v) is 9.02. The molecule has 0 aliphatic heterocycles. The number of carbonyl (C=O) groups is 1. The molecule has 0 aliphatic rings. The molecular weight excluding hydrogens is 490 g/mol. The lowest BCUT2D eigenvalue weighted by atomic mass is 10.0. The van der Waals surface area contributed by atoms with Crippen LogP contribution in [0.4, 0.5) is 5.69 Å². The summed E-state index contributed by atoms with van der Waals surface area (Å²) in [6.07, 6.45) is 0. The summed E-state index contributed by atoms with van der Waals surface area (Å²) in [6.45, 7) is 4.12. The van der Waals surface area contributed by atoms with Gasteiger partial charge in [-0.2, -0.15) is 0 Å². The number of hydrogen-bond acceptors (Lipinski definition) is 4. The van der Waals surface area contributed by atoms with Gasteiger partial charge in [0, 0.05) is 26.7 Å². The molecule has 5 rings (SSSR count). The Morgan fingerprint density at radius 3 is 2.35 bits per heavy atom. The number of pyridine rings is 1. The van der Waals surface area contributed by atoms with Crippen LogP contribution < -0.4 is 4.90 Å². The zero-order valence-corrected chi connectivity index (χ0v) is 20.4. The number of aromatic nitrogens is 2. The second kappa shape index (κ2) is 9.23. The minimum Gasteiger partial charge on any atom is -0.361 e. The fraction of sp³-hybridized carbons (Fsp3) is 0.107. The Labute approximate surface area is 206 Å². The van der Waals surface area contributed by atoms with Gasteiger partial charge in [-0.25, -0.2) is 4.98 Å². The number of anilines is 1. The van der Waals surface area contributed by atoms with E-state index in [4.69, 9.17) is 9.51 Å². The summed E-state index contributed by atoms with van der Waals surface area (Å²) in [4.78, 5) is 20.8. The van der Waals surface area contributed by atoms with Gasteiger partial charge in [0.05, 0.1) is 29.0 Å². The number of amides is 1. The average molecular weight is 512 g/mol. The molecule has 0 unspecified atom stereocenters. The quantitative estimate of drug-likeness (QED) is 0.252. The van der Waals surface area contributed by atoms with E-state index in [2.05, 4.69) is 21.1 Å². The smallest absolute Gasteiger partial charge is 0.259 e. The molecule has 5 aromatic rings. The van der Waals surface area contributed by atoms with Crippen LogP contribution in [0.1, 0.15) is 27.4 Å². The predicted molar refractivity (Wildman–Crippen MR) is 138 cm³/mol. The van der Waals surface area contributed by atoms with Gasteiger partial charge in [-0.1, -0.05) is 69.6 Å². The molecule has 0 spiro atoms. The Balaban J connectivity index is 1.66. The highest BCUT2D eigenvalue weighted by Gasteiger charge is 2.24. The summed E-state index contributed by atoms with van der Waals surface area (Å²) >= 11 is 3.49. The van der Waals surface area contributed by atoms with E-state index in [0.717, 1.165) is 43.6 Å². The first kappa shape index (κ1) is 22.0. The van der Waals surface area contributed by atoms with Crippen LogP contribution in [0.5, 0.6) is 0 Å². The van der Waals surface area contributed by atoms with Crippen molar-refractivity contribution in [3.05, 3.63) is 112 Å². The highest BCUT2D eigenvalue weighted by Crippen LogP contribution is 2.29. The van der Waals surface area contributed by atoms with Crippen molar-refractivity contribution in [1.82, 2.24) is 10.1 Å². The molecule has 0 radical (unpaired) electrons. The molecule has 3 aromatic carbocycles. The van der Waals surface area contributed by atoms with E-state index >= 15 is 0 Å². The van der Waals surface area contributed by atoms with Gasteiger partial charge in [0.15, 0.2) is 0 Å². The van der Waals surface area contributed by atoms with E-state index < -0.39 is 0 Å². The van der Waals surface area contributed by atoms with Gasteiger partial charge in [0.2, 0.25) is 0 Å². The number of fused-ring (bicyclic) bond motifs is 1. The van der Waals surface area contributed by atoms with Crippen LogP contribution in [0, 0.1) is 13.8 Å². The molecule has 2 heterocycles. The maximum absolute atomic E-state index is 14.2. The molecule has 0 bridgehead atoms. The van der Waals surface area contributed by atoms with E-state index in [1.807, 2.05) is 98.8 Å². The number of carbonyl (C=O) groups excluding carboxylic acids is 1. The number of aryl methyl sites for hydroxylation is 2. The summed E-state index contributed by atoms with van der Waals surface area (Å²) in [5.74, 6) is 0.601. The molecule has 0 fully saturated rings. The van der Waals surface area contributed by atoms with Crippen molar-refractivity contribution >= 4 is 38.4 Å². The maximum atomic E-state index is 14.2. The Kier molecular flexibility index (Phi) is 5.99. The molecule has 0 saturated carbocycles. The summed E-state index contributed by atoms with van der Waals surface area (Å²) in [7, 11) is 0. The molecule has 6 heteroatoms. The van der Waals surface area contributed by atoms with Gasteiger partial charge >= 0.3 is 0 Å². The molecule has 2 aromatic heterocycles. The molecule has 0 atom stereocenters. The van der Waals surface area contributed by atoms with Crippen LogP contribution >= 0.6 is 15.9 Å². The molecule has 0 saturated heterocycles. The fourth-order valence-corrected chi connectivity index (χ4v) is 4.30. The highest BCUT2D eigenvalue weighted by atomic mass is 79.9. The minimum atomic E-state index is -0.108. The second-order valence-electron chi connectivity index (χ2n) is 8.11. The molecular formula is C28H22BrN3O2. The SMILES string of the molecule is Cc1noc(C)c1CN(C(=O)c1cc(-c2ccc(Br)cc2)nc2ccccc12)c1ccccc1. The van der Waals surface area contributed by atoms with E-state index in [1.165, 1.54) is 0 Å². The topological polar surface area (TPSA) is 59.2 Å². The van der Waals surface area contributed by atoms with Gasteiger partial charge in [0.25, 0.3) is 5.91 Å². The number of benzene rings is 3. The van der Waals surface area contributed by atoms with Crippen LogP contribution in [-0.4, -0.2) is 16.0 Å². The third kappa shape index (κ3) is 4.24. The third-order valence-electron chi connectivity index (χ3n) is 5.90. The first-order valence-corrected chi connectivity index (χ1v) is 11.7. The Bertz CT molecular complexity index is 1460. The zero-order chi connectivity index (χ0) is 23.7. The van der Waals surface area contributed by atoms with Crippen molar-refractivity contribution < 1.29 is 9.32 Å². The Hall–Kier alpha value is -3.77. The largest absolute Gasteiger partial charge is 0.361 e. The van der Waals surface area contributed by atoms with E-state index in [0.29, 0.717) is 17.9 Å². The summed E-state index contributed by atoms with van der Waals surface area (Å²) in [6, 6.07) is 27.3. The van der Waals surface area contributed by atoms with Crippen LogP contribution in [0.2, 0.25) is 0 Å². The number of hydrogen-bond donors (Lipinski definition) is 0. The highest BCUT2D eigenvalue weighted by molar-refractivity contribution is 9.10. The lowest BCUT2D eigenvalue weighted by Crippen LogP contribution is -2.31. The number of nitrogens with zero attached hydrogens (tertiary/aromatic N) is 3.